The molecule has 10 nitrogen and oxygen atoms in total. The lowest BCUT2D eigenvalue weighted by Crippen LogP contribution is -2.54. The summed E-state index contributed by atoms with van der Waals surface area (Å²) in [6.45, 7) is 10.2. The van der Waals surface area contributed by atoms with E-state index in [4.69, 9.17) is 15.9 Å². The molecule has 3 unspecified atom stereocenters. The van der Waals surface area contributed by atoms with Gasteiger partial charge in [-0.1, -0.05) is 85.3 Å². The van der Waals surface area contributed by atoms with Gasteiger partial charge in [0.25, 0.3) is 5.91 Å². The third-order valence-electron chi connectivity index (χ3n) is 6.68. The Hall–Kier alpha value is -5.30. The van der Waals surface area contributed by atoms with Crippen LogP contribution < -0.4 is 10.6 Å². The standard InChI is InChI=1S/C37H43N3O7/c1-8-40(33(43)28(23-25-17-11-9-12-18-25)39-35(45)47-37(5,6)7)31(27-21-15-16-22-30(27)41)32(42)38-29(34(44)46-36(2,3)4)24-26-19-13-10-14-20-26/h1,9-22,28-29,31,41H,23-24H2,2-7H3,(H,38,42)(H,39,45). The zero-order valence-electron chi connectivity index (χ0n) is 27.7. The number of terminal acetylenes is 1. The fourth-order valence-corrected chi connectivity index (χ4v) is 4.72. The molecule has 0 spiro atoms. The van der Waals surface area contributed by atoms with Crippen molar-refractivity contribution in [1.29, 1.82) is 0 Å². The van der Waals surface area contributed by atoms with Gasteiger partial charge in [0.1, 0.15) is 29.0 Å². The molecule has 3 aromatic carbocycles. The molecule has 3 aromatic rings. The summed E-state index contributed by atoms with van der Waals surface area (Å²) in [7, 11) is 0. The molecule has 3 amide bonds. The van der Waals surface area contributed by atoms with E-state index in [9.17, 15) is 24.3 Å². The second kappa shape index (κ2) is 15.8. The molecular formula is C37H43N3O7. The number of nitrogens with one attached hydrogen (secondary N) is 2. The van der Waals surface area contributed by atoms with Crippen molar-refractivity contribution in [2.45, 2.75) is 83.7 Å². The van der Waals surface area contributed by atoms with Crippen molar-refractivity contribution in [3.63, 3.8) is 0 Å². The second-order valence-corrected chi connectivity index (χ2v) is 13.0. The summed E-state index contributed by atoms with van der Waals surface area (Å²) in [6, 6.07) is 22.1. The number of nitrogens with zero attached hydrogens (tertiary/aromatic N) is 1. The van der Waals surface area contributed by atoms with E-state index in [2.05, 4.69) is 16.7 Å². The molecule has 0 saturated carbocycles. The van der Waals surface area contributed by atoms with Crippen molar-refractivity contribution in [3.8, 4) is 18.2 Å². The van der Waals surface area contributed by atoms with Crippen LogP contribution in [0.15, 0.2) is 84.9 Å². The number of amides is 3. The number of carbonyl (C=O) groups is 4. The third-order valence-corrected chi connectivity index (χ3v) is 6.68. The number of aromatic hydroxyl groups is 1. The van der Waals surface area contributed by atoms with Crippen molar-refractivity contribution in [2.24, 2.45) is 0 Å². The summed E-state index contributed by atoms with van der Waals surface area (Å²) in [6.07, 6.45) is 5.15. The fraction of sp³-hybridized carbons (Fsp3) is 0.351. The molecule has 0 bridgehead atoms. The summed E-state index contributed by atoms with van der Waals surface area (Å²) in [5.74, 6) is -2.67. The number of esters is 1. The maximum atomic E-state index is 14.3. The maximum absolute atomic E-state index is 14.3. The highest BCUT2D eigenvalue weighted by atomic mass is 16.6. The van der Waals surface area contributed by atoms with Crippen LogP contribution in [0.25, 0.3) is 0 Å². The zero-order chi connectivity index (χ0) is 34.8. The largest absolute Gasteiger partial charge is 0.508 e. The molecule has 0 radical (unpaired) electrons. The number of hydrogen-bond acceptors (Lipinski definition) is 7. The van der Waals surface area contributed by atoms with Crippen LogP contribution in [0.5, 0.6) is 5.75 Å². The van der Waals surface area contributed by atoms with Gasteiger partial charge < -0.3 is 25.2 Å². The first-order valence-electron chi connectivity index (χ1n) is 15.3. The number of ether oxygens (including phenoxy) is 2. The summed E-state index contributed by atoms with van der Waals surface area (Å²) in [5.41, 5.74) is -0.251. The van der Waals surface area contributed by atoms with Gasteiger partial charge in [-0.3, -0.25) is 14.5 Å². The highest BCUT2D eigenvalue weighted by Crippen LogP contribution is 2.30. The van der Waals surface area contributed by atoms with Gasteiger partial charge in [0.05, 0.1) is 0 Å². The van der Waals surface area contributed by atoms with Crippen LogP contribution >= 0.6 is 0 Å². The molecule has 0 aliphatic heterocycles. The fourth-order valence-electron chi connectivity index (χ4n) is 4.72. The Kier molecular flexibility index (Phi) is 12.2. The summed E-state index contributed by atoms with van der Waals surface area (Å²) in [4.78, 5) is 55.6. The lowest BCUT2D eigenvalue weighted by atomic mass is 9.99. The summed E-state index contributed by atoms with van der Waals surface area (Å²) < 4.78 is 11.0. The number of para-hydroxylation sites is 1. The molecule has 3 N–H and O–H groups in total. The highest BCUT2D eigenvalue weighted by molar-refractivity contribution is 5.95. The number of phenols is 1. The van der Waals surface area contributed by atoms with Crippen molar-refractivity contribution < 1.29 is 33.8 Å². The van der Waals surface area contributed by atoms with Crippen LogP contribution in [0.2, 0.25) is 0 Å². The molecule has 0 heterocycles. The molecule has 0 aliphatic carbocycles. The normalized spacial score (nSPS) is 13.2. The molecular weight excluding hydrogens is 598 g/mol. The predicted octanol–water partition coefficient (Wildman–Crippen LogP) is 5.06. The first-order valence-corrected chi connectivity index (χ1v) is 15.3. The van der Waals surface area contributed by atoms with E-state index in [1.54, 1.807) is 102 Å². The molecule has 47 heavy (non-hydrogen) atoms. The van der Waals surface area contributed by atoms with Crippen LogP contribution in [0.1, 0.15) is 64.3 Å². The van der Waals surface area contributed by atoms with Crippen molar-refractivity contribution in [3.05, 3.63) is 102 Å². The van der Waals surface area contributed by atoms with Crippen molar-refractivity contribution in [2.75, 3.05) is 0 Å². The zero-order valence-corrected chi connectivity index (χ0v) is 27.7. The van der Waals surface area contributed by atoms with Gasteiger partial charge >= 0.3 is 12.1 Å². The SMILES string of the molecule is C#CN(C(=O)C(Cc1ccccc1)NC(=O)OC(C)(C)C)C(C(=O)NC(Cc1ccccc1)C(=O)OC(C)(C)C)c1ccccc1O. The summed E-state index contributed by atoms with van der Waals surface area (Å²) >= 11 is 0. The summed E-state index contributed by atoms with van der Waals surface area (Å²) in [5, 5.41) is 16.2. The number of carbonyl (C=O) groups excluding carboxylic acids is 4. The molecule has 0 aromatic heterocycles. The van der Waals surface area contributed by atoms with Gasteiger partial charge in [-0.2, -0.15) is 0 Å². The van der Waals surface area contributed by atoms with E-state index >= 15 is 0 Å². The van der Waals surface area contributed by atoms with E-state index in [1.165, 1.54) is 12.1 Å². The van der Waals surface area contributed by atoms with Gasteiger partial charge in [0.2, 0.25) is 5.91 Å². The van der Waals surface area contributed by atoms with Gasteiger partial charge in [-0.25, -0.2) is 9.59 Å². The Labute approximate surface area is 276 Å². The Morgan fingerprint density at radius 1 is 0.745 bits per heavy atom. The lowest BCUT2D eigenvalue weighted by molar-refractivity contribution is -0.159. The number of hydrogen-bond donors (Lipinski definition) is 3. The minimum atomic E-state index is -1.60. The molecule has 3 rings (SSSR count). The van der Waals surface area contributed by atoms with Gasteiger partial charge in [0.15, 0.2) is 6.04 Å². The molecule has 0 aliphatic rings. The monoisotopic (exact) mass is 641 g/mol. The van der Waals surface area contributed by atoms with Crippen LogP contribution in [-0.2, 0) is 36.7 Å². The van der Waals surface area contributed by atoms with Gasteiger partial charge in [-0.15, -0.1) is 0 Å². The minimum Gasteiger partial charge on any atom is -0.508 e. The molecule has 248 valence electrons. The second-order valence-electron chi connectivity index (χ2n) is 13.0. The molecule has 0 saturated heterocycles. The van der Waals surface area contributed by atoms with Crippen LogP contribution in [-0.4, -0.2) is 57.2 Å². The minimum absolute atomic E-state index is 0.00896. The Bertz CT molecular complexity index is 1570. The van der Waals surface area contributed by atoms with E-state index in [0.29, 0.717) is 5.56 Å². The topological polar surface area (TPSA) is 134 Å². The molecule has 10 heteroatoms. The van der Waals surface area contributed by atoms with E-state index in [-0.39, 0.29) is 24.2 Å². The first kappa shape index (κ1) is 36.2. The first-order chi connectivity index (χ1) is 22.1. The third kappa shape index (κ3) is 11.2. The number of benzene rings is 3. The lowest BCUT2D eigenvalue weighted by Gasteiger charge is -2.32. The Morgan fingerprint density at radius 2 is 1.23 bits per heavy atom. The Balaban J connectivity index is 2.05. The van der Waals surface area contributed by atoms with E-state index in [0.717, 1.165) is 10.5 Å². The number of alkyl carbamates (subject to hydrolysis) is 1. The van der Waals surface area contributed by atoms with Crippen molar-refractivity contribution >= 4 is 23.9 Å². The van der Waals surface area contributed by atoms with Crippen LogP contribution in [0, 0.1) is 12.5 Å². The molecule has 0 fully saturated rings. The van der Waals surface area contributed by atoms with Gasteiger partial charge in [-0.05, 0) is 58.7 Å². The smallest absolute Gasteiger partial charge is 0.408 e. The Morgan fingerprint density at radius 3 is 1.72 bits per heavy atom. The van der Waals surface area contributed by atoms with E-state index < -0.39 is 53.2 Å². The highest BCUT2D eigenvalue weighted by Gasteiger charge is 2.39. The quantitative estimate of drug-likeness (QED) is 0.151. The molecule has 3 atom stereocenters. The predicted molar refractivity (Wildman–Crippen MR) is 178 cm³/mol. The van der Waals surface area contributed by atoms with Crippen LogP contribution in [0.3, 0.4) is 0 Å². The number of phenolic OH excluding ortho intramolecular Hbond substituents is 1. The van der Waals surface area contributed by atoms with Gasteiger partial charge in [0, 0.05) is 24.4 Å². The average Bonchev–Trinajstić information content (AvgIpc) is 2.98. The number of rotatable bonds is 11. The van der Waals surface area contributed by atoms with Crippen LogP contribution in [0.4, 0.5) is 4.79 Å². The van der Waals surface area contributed by atoms with Crippen molar-refractivity contribution in [1.82, 2.24) is 15.5 Å². The maximum Gasteiger partial charge on any atom is 0.408 e. The van der Waals surface area contributed by atoms with E-state index in [1.807, 2.05) is 12.1 Å². The average molecular weight is 642 g/mol.